The molecule has 0 aliphatic rings. The van der Waals surface area contributed by atoms with Crippen molar-refractivity contribution in [1.82, 2.24) is 0 Å². The molecule has 0 nitrogen and oxygen atoms in total. The zero-order valence-electron chi connectivity index (χ0n) is 6.62. The molecular formula is H2Br6K2Os. The molecule has 0 N–H and O–H groups in total. The summed E-state index contributed by atoms with van der Waals surface area (Å²) < 4.78 is -3.34. The van der Waals surface area contributed by atoms with Gasteiger partial charge in [-0.3, -0.25) is 0 Å². The Labute approximate surface area is 181 Å². The van der Waals surface area contributed by atoms with Crippen molar-refractivity contribution in [2.24, 2.45) is 0 Å². The van der Waals surface area contributed by atoms with Crippen molar-refractivity contribution in [3.8, 4) is 0 Å². The Hall–Kier alpha value is 6.79. The first-order valence-electron chi connectivity index (χ1n) is 0.802. The minimum absolute atomic E-state index is 0. The van der Waals surface area contributed by atoms with Crippen LogP contribution in [0.25, 0.3) is 0 Å². The van der Waals surface area contributed by atoms with Crippen LogP contribution in [0.2, 0.25) is 0 Å². The summed E-state index contributed by atoms with van der Waals surface area (Å²) in [6.45, 7) is 0. The van der Waals surface area contributed by atoms with Crippen molar-refractivity contribution in [1.29, 1.82) is 0 Å². The molecule has 0 aliphatic carbocycles. The SMILES string of the molecule is [Br][Os]([Br])([Br])([Br])([Br])[Br].[H-].[H-].[K+].[K+]. The van der Waals surface area contributed by atoms with E-state index in [1.807, 2.05) is 0 Å². The summed E-state index contributed by atoms with van der Waals surface area (Å²) in [6, 6.07) is 0. The molecule has 0 aliphatic heterocycles. The average molecular weight is 750 g/mol. The molecule has 0 bridgehead atoms. The first-order valence-corrected chi connectivity index (χ1v) is 34.1. The number of hydrogen-bond donors (Lipinski definition) is 0. The summed E-state index contributed by atoms with van der Waals surface area (Å²) in [4.78, 5) is 0. The molecule has 0 aromatic carbocycles. The molecule has 9 heteroatoms. The summed E-state index contributed by atoms with van der Waals surface area (Å²) in [7, 11) is 0. The van der Waals surface area contributed by atoms with Crippen LogP contribution in [-0.4, -0.2) is 0 Å². The van der Waals surface area contributed by atoms with Gasteiger partial charge in [0, 0.05) is 0 Å². The Bertz CT molecular complexity index is 77.1. The van der Waals surface area contributed by atoms with Gasteiger partial charge in [-0.25, -0.2) is 0 Å². The Balaban J connectivity index is -0.0000000300. The van der Waals surface area contributed by atoms with Crippen LogP contribution in [0.5, 0.6) is 0 Å². The maximum atomic E-state index is 3.36. The molecule has 0 saturated heterocycles. The molecule has 0 spiro atoms. The Morgan fingerprint density at radius 2 is 0.667 bits per heavy atom. The van der Waals surface area contributed by atoms with Crippen molar-refractivity contribution in [3.05, 3.63) is 0 Å². The minimum atomic E-state index is -3.34. The fourth-order valence-corrected chi connectivity index (χ4v) is 0. The van der Waals surface area contributed by atoms with Gasteiger partial charge in [-0.05, 0) is 0 Å². The Kier molecular flexibility index (Phi) is 13.9. The van der Waals surface area contributed by atoms with Gasteiger partial charge in [-0.2, -0.15) is 0 Å². The molecule has 0 aromatic rings. The third-order valence-corrected chi connectivity index (χ3v) is 0. The van der Waals surface area contributed by atoms with Gasteiger partial charge < -0.3 is 2.85 Å². The van der Waals surface area contributed by atoms with E-state index in [1.165, 1.54) is 0 Å². The summed E-state index contributed by atoms with van der Waals surface area (Å²) in [5, 5.41) is 0. The maximum absolute atomic E-state index is 3.36. The first-order chi connectivity index (χ1) is 2.45. The normalized spacial score (nSPS) is 18.0. The maximum Gasteiger partial charge on any atom is 1.00 e. The average Bonchev–Trinajstić information content (AvgIpc) is 0.592. The van der Waals surface area contributed by atoms with Gasteiger partial charge in [0.15, 0.2) is 0 Å². The largest absolute Gasteiger partial charge is 1.00 e. The fourth-order valence-electron chi connectivity index (χ4n) is 0. The third-order valence-electron chi connectivity index (χ3n) is 0. The van der Waals surface area contributed by atoms with Crippen molar-refractivity contribution in [3.63, 3.8) is 0 Å². The van der Waals surface area contributed by atoms with Gasteiger partial charge in [0.25, 0.3) is 0 Å². The van der Waals surface area contributed by atoms with Crippen LogP contribution in [0.1, 0.15) is 2.85 Å². The Morgan fingerprint density at radius 1 is 0.667 bits per heavy atom. The van der Waals surface area contributed by atoms with Gasteiger partial charge in [-0.15, -0.1) is 0 Å². The van der Waals surface area contributed by atoms with Crippen LogP contribution in [-0.2, 0) is 0.772 Å². The van der Waals surface area contributed by atoms with Crippen molar-refractivity contribution in [2.75, 3.05) is 0 Å². The van der Waals surface area contributed by atoms with E-state index >= 15 is 0 Å². The van der Waals surface area contributed by atoms with E-state index in [9.17, 15) is 0 Å². The van der Waals surface area contributed by atoms with E-state index in [4.69, 9.17) is 0 Å². The third kappa shape index (κ3) is 52.5. The van der Waals surface area contributed by atoms with Crippen LogP contribution >= 0.6 is 81.4 Å². The molecule has 0 atom stereocenters. The second-order valence-electron chi connectivity index (χ2n) is 0.758. The van der Waals surface area contributed by atoms with Crippen molar-refractivity contribution in [2.45, 2.75) is 0 Å². The minimum Gasteiger partial charge on any atom is -1.00 e. The standard InChI is InChI=1S/6BrH.2K.Os.2H/h6*1H;;;;;/q;;;;;;2*+1;+6;2*-1/p-6. The summed E-state index contributed by atoms with van der Waals surface area (Å²) in [5.41, 5.74) is 0. The Morgan fingerprint density at radius 3 is 0.667 bits per heavy atom. The van der Waals surface area contributed by atoms with E-state index in [1.54, 1.807) is 0 Å². The summed E-state index contributed by atoms with van der Waals surface area (Å²) >= 11 is 20.2. The van der Waals surface area contributed by atoms with Crippen LogP contribution in [0.3, 0.4) is 0 Å². The van der Waals surface area contributed by atoms with Crippen LogP contribution in [0.15, 0.2) is 0 Å². The van der Waals surface area contributed by atoms with Gasteiger partial charge in [0.05, 0.1) is 0 Å². The van der Waals surface area contributed by atoms with Crippen molar-refractivity contribution >= 4 is 81.4 Å². The fraction of sp³-hybridized carbons (Fsp3) is 0. The molecule has 0 unspecified atom stereocenters. The summed E-state index contributed by atoms with van der Waals surface area (Å²) in [6.07, 6.45) is 0. The molecule has 0 rings (SSSR count). The van der Waals surface area contributed by atoms with E-state index in [0.717, 1.165) is 0 Å². The van der Waals surface area contributed by atoms with E-state index in [2.05, 4.69) is 81.4 Å². The van der Waals surface area contributed by atoms with Gasteiger partial charge in [0.1, 0.15) is 0 Å². The van der Waals surface area contributed by atoms with Crippen LogP contribution in [0, 0.1) is 0 Å². The monoisotopic (exact) mass is 745 g/mol. The zero-order valence-corrected chi connectivity index (χ0v) is 22.9. The molecule has 0 radical (unpaired) electrons. The van der Waals surface area contributed by atoms with E-state index in [0.29, 0.717) is 0 Å². The van der Waals surface area contributed by atoms with Crippen LogP contribution in [0.4, 0.5) is 0 Å². The smallest absolute Gasteiger partial charge is 1.00 e. The van der Waals surface area contributed by atoms with E-state index < -0.39 is 0.772 Å². The molecule has 0 fully saturated rings. The molecule has 9 heavy (non-hydrogen) atoms. The molecular weight excluding hydrogens is 748 g/mol. The molecule has 0 heterocycles. The predicted octanol–water partition coefficient (Wildman–Crippen LogP) is -0.696. The topological polar surface area (TPSA) is 0 Å². The van der Waals surface area contributed by atoms with Crippen molar-refractivity contribution < 1.29 is 106 Å². The summed E-state index contributed by atoms with van der Waals surface area (Å²) in [5.74, 6) is 0. The molecule has 54 valence electrons. The molecule has 0 aromatic heterocycles. The van der Waals surface area contributed by atoms with Crippen LogP contribution < -0.4 is 103 Å². The zero-order chi connectivity index (χ0) is 6.41. The second-order valence-corrected chi connectivity index (χ2v) is 167. The quantitative estimate of drug-likeness (QED) is 0.288. The first kappa shape index (κ1) is 21.1. The molecule has 0 saturated carbocycles. The second kappa shape index (κ2) is 5.92. The van der Waals surface area contributed by atoms with Gasteiger partial charge in [0.2, 0.25) is 0 Å². The molecule has 0 amide bonds. The van der Waals surface area contributed by atoms with Gasteiger partial charge >= 0.3 is 185 Å². The van der Waals surface area contributed by atoms with Gasteiger partial charge in [-0.1, -0.05) is 0 Å². The number of hydrogen-bond acceptors (Lipinski definition) is 0. The number of halogens is 6. The van der Waals surface area contributed by atoms with E-state index in [-0.39, 0.29) is 106 Å². The predicted molar refractivity (Wildman–Crippen MR) is 55.8 cm³/mol. The number of rotatable bonds is 0.